The molecule has 2 aromatic heterocycles. The summed E-state index contributed by atoms with van der Waals surface area (Å²) in [5.41, 5.74) is 2.67. The summed E-state index contributed by atoms with van der Waals surface area (Å²) in [5, 5.41) is 11.9. The van der Waals surface area contributed by atoms with E-state index in [0.717, 1.165) is 17.6 Å². The Morgan fingerprint density at radius 1 is 1.48 bits per heavy atom. The maximum atomic E-state index is 10.7. The maximum Gasteiger partial charge on any atom is 0.357 e. The second-order valence-corrected chi connectivity index (χ2v) is 5.02. The van der Waals surface area contributed by atoms with Gasteiger partial charge in [-0.15, -0.1) is 0 Å². The van der Waals surface area contributed by atoms with E-state index in [4.69, 9.17) is 10.9 Å². The van der Waals surface area contributed by atoms with Gasteiger partial charge in [-0.05, 0) is 30.4 Å². The number of fused-ring (bicyclic) bond motifs is 1. The first-order valence-electron chi connectivity index (χ1n) is 6.66. The lowest BCUT2D eigenvalue weighted by Crippen LogP contribution is -2.16. The Morgan fingerprint density at radius 3 is 2.95 bits per heavy atom. The molecule has 108 valence electrons. The predicted octanol–water partition coefficient (Wildman–Crippen LogP) is 1.18. The van der Waals surface area contributed by atoms with Crippen LogP contribution in [0.2, 0.25) is 0 Å². The number of imidazole rings is 1. The van der Waals surface area contributed by atoms with E-state index in [2.05, 4.69) is 27.3 Å². The molecule has 1 aliphatic carbocycles. The molecule has 3 rings (SSSR count). The fourth-order valence-corrected chi connectivity index (χ4v) is 2.17. The van der Waals surface area contributed by atoms with Crippen molar-refractivity contribution < 1.29 is 9.90 Å². The summed E-state index contributed by atoms with van der Waals surface area (Å²) in [6.45, 7) is 0.284. The topological polar surface area (TPSA) is 105 Å². The lowest BCUT2D eigenvalue weighted by molar-refractivity contribution is -0.129. The first kappa shape index (κ1) is 13.3. The molecule has 2 aromatic rings. The van der Waals surface area contributed by atoms with Crippen LogP contribution >= 0.6 is 0 Å². The third-order valence-electron chi connectivity index (χ3n) is 3.40. The molecule has 0 amide bonds. The van der Waals surface area contributed by atoms with Crippen molar-refractivity contribution in [3.05, 3.63) is 35.8 Å². The number of rotatable bonds is 5. The van der Waals surface area contributed by atoms with Gasteiger partial charge in [-0.25, -0.2) is 9.78 Å². The van der Waals surface area contributed by atoms with Crippen molar-refractivity contribution in [1.29, 1.82) is 0 Å². The molecule has 1 saturated carbocycles. The van der Waals surface area contributed by atoms with Crippen molar-refractivity contribution in [3.63, 3.8) is 0 Å². The van der Waals surface area contributed by atoms with Crippen molar-refractivity contribution >= 4 is 23.5 Å². The highest BCUT2D eigenvalue weighted by atomic mass is 16.4. The van der Waals surface area contributed by atoms with Crippen LogP contribution in [-0.2, 0) is 11.3 Å². The molecular weight excluding hydrogens is 270 g/mol. The number of nitrogens with two attached hydrogens (primary N) is 1. The summed E-state index contributed by atoms with van der Waals surface area (Å²) in [6.07, 6.45) is 7.65. The van der Waals surface area contributed by atoms with E-state index in [1.54, 1.807) is 0 Å². The van der Waals surface area contributed by atoms with E-state index in [1.165, 1.54) is 18.4 Å². The number of hydrogen-bond donors (Lipinski definition) is 2. The molecule has 0 unspecified atom stereocenters. The van der Waals surface area contributed by atoms with Gasteiger partial charge in [0.15, 0.2) is 5.71 Å². The zero-order valence-corrected chi connectivity index (χ0v) is 11.3. The first-order chi connectivity index (χ1) is 10.2. The SMILES string of the molecule is N/N=C(\C=NCc1cn2cc(C3CC3)ccc2n1)C(=O)O. The Kier molecular flexibility index (Phi) is 3.39. The minimum atomic E-state index is -1.20. The molecule has 1 aliphatic rings. The Labute approximate surface area is 120 Å². The average Bonchev–Trinajstić information content (AvgIpc) is 3.23. The molecule has 3 N–H and O–H groups in total. The van der Waals surface area contributed by atoms with Gasteiger partial charge in [0.2, 0.25) is 0 Å². The van der Waals surface area contributed by atoms with Gasteiger partial charge in [0.1, 0.15) is 5.65 Å². The number of aromatic nitrogens is 2. The number of carboxylic acid groups (broad SMARTS) is 1. The van der Waals surface area contributed by atoms with E-state index in [9.17, 15) is 4.79 Å². The third-order valence-corrected chi connectivity index (χ3v) is 3.40. The predicted molar refractivity (Wildman–Crippen MR) is 78.6 cm³/mol. The van der Waals surface area contributed by atoms with Crippen LogP contribution in [0.3, 0.4) is 0 Å². The quantitative estimate of drug-likeness (QED) is 0.489. The van der Waals surface area contributed by atoms with E-state index in [0.29, 0.717) is 5.92 Å². The number of carbonyl (C=O) groups is 1. The highest BCUT2D eigenvalue weighted by Gasteiger charge is 2.23. The number of hydrazone groups is 1. The summed E-state index contributed by atoms with van der Waals surface area (Å²) in [5.74, 6) is 4.45. The molecule has 0 radical (unpaired) electrons. The lowest BCUT2D eigenvalue weighted by atomic mass is 10.2. The van der Waals surface area contributed by atoms with Crippen LogP contribution in [0.4, 0.5) is 0 Å². The molecule has 0 spiro atoms. The standard InChI is InChI=1S/C14H15N5O2/c15-18-12(14(20)21)6-16-5-11-8-19-7-10(9-1-2-9)3-4-13(19)17-11/h3-4,6-9H,1-2,5,15H2,(H,20,21)/b16-6?,18-12+. The fourth-order valence-electron chi connectivity index (χ4n) is 2.17. The van der Waals surface area contributed by atoms with Crippen LogP contribution in [0.15, 0.2) is 34.6 Å². The molecule has 0 atom stereocenters. The summed E-state index contributed by atoms with van der Waals surface area (Å²) >= 11 is 0. The molecule has 0 aliphatic heterocycles. The van der Waals surface area contributed by atoms with Crippen LogP contribution in [0.1, 0.15) is 30.0 Å². The van der Waals surface area contributed by atoms with Crippen LogP contribution in [-0.4, -0.2) is 32.4 Å². The smallest absolute Gasteiger partial charge is 0.357 e. The summed E-state index contributed by atoms with van der Waals surface area (Å²) < 4.78 is 1.98. The van der Waals surface area contributed by atoms with Crippen molar-refractivity contribution in [2.75, 3.05) is 0 Å². The van der Waals surface area contributed by atoms with E-state index < -0.39 is 5.97 Å². The second kappa shape index (κ2) is 5.35. The Hall–Kier alpha value is -2.70. The average molecular weight is 285 g/mol. The van der Waals surface area contributed by atoms with Gasteiger partial charge in [-0.1, -0.05) is 6.07 Å². The fraction of sp³-hybridized carbons (Fsp3) is 0.286. The number of hydrogen-bond acceptors (Lipinski definition) is 5. The van der Waals surface area contributed by atoms with Gasteiger partial charge in [-0.3, -0.25) is 4.99 Å². The normalized spacial score (nSPS) is 15.9. The van der Waals surface area contributed by atoms with Crippen molar-refractivity contribution in [2.45, 2.75) is 25.3 Å². The maximum absolute atomic E-state index is 10.7. The largest absolute Gasteiger partial charge is 0.476 e. The van der Waals surface area contributed by atoms with Crippen molar-refractivity contribution in [3.8, 4) is 0 Å². The summed E-state index contributed by atoms with van der Waals surface area (Å²) in [7, 11) is 0. The summed E-state index contributed by atoms with van der Waals surface area (Å²) in [4.78, 5) is 19.1. The number of carboxylic acids is 1. The first-order valence-corrected chi connectivity index (χ1v) is 6.66. The molecule has 2 heterocycles. The Bertz CT molecular complexity index is 743. The van der Waals surface area contributed by atoms with Gasteiger partial charge < -0.3 is 15.3 Å². The van der Waals surface area contributed by atoms with Gasteiger partial charge >= 0.3 is 5.97 Å². The van der Waals surface area contributed by atoms with Gasteiger partial charge in [0, 0.05) is 12.4 Å². The van der Waals surface area contributed by atoms with Gasteiger partial charge in [0.25, 0.3) is 0 Å². The molecular formula is C14H15N5O2. The highest BCUT2D eigenvalue weighted by Crippen LogP contribution is 2.39. The molecule has 1 fully saturated rings. The number of aliphatic carboxylic acids is 1. The van der Waals surface area contributed by atoms with Gasteiger partial charge in [0.05, 0.1) is 18.5 Å². The second-order valence-electron chi connectivity index (χ2n) is 5.02. The Balaban J connectivity index is 1.75. The number of nitrogens with zero attached hydrogens (tertiary/aromatic N) is 4. The van der Waals surface area contributed by atoms with E-state index in [-0.39, 0.29) is 12.3 Å². The van der Waals surface area contributed by atoms with E-state index in [1.807, 2.05) is 16.7 Å². The molecule has 0 bridgehead atoms. The van der Waals surface area contributed by atoms with Crippen LogP contribution < -0.4 is 5.84 Å². The lowest BCUT2D eigenvalue weighted by Gasteiger charge is -1.98. The Morgan fingerprint density at radius 2 is 2.29 bits per heavy atom. The number of aliphatic imine (C=N–C) groups is 1. The third kappa shape index (κ3) is 2.91. The molecule has 7 nitrogen and oxygen atoms in total. The zero-order valence-electron chi connectivity index (χ0n) is 11.3. The van der Waals surface area contributed by atoms with Crippen LogP contribution in [0, 0.1) is 0 Å². The number of pyridine rings is 1. The van der Waals surface area contributed by atoms with Crippen molar-refractivity contribution in [2.24, 2.45) is 15.9 Å². The summed E-state index contributed by atoms with van der Waals surface area (Å²) in [6, 6.07) is 4.10. The van der Waals surface area contributed by atoms with Crippen LogP contribution in [0.25, 0.3) is 5.65 Å². The molecule has 21 heavy (non-hydrogen) atoms. The minimum absolute atomic E-state index is 0.283. The van der Waals surface area contributed by atoms with E-state index >= 15 is 0 Å². The van der Waals surface area contributed by atoms with Gasteiger partial charge in [-0.2, -0.15) is 5.10 Å². The highest BCUT2D eigenvalue weighted by molar-refractivity contribution is 6.58. The zero-order chi connectivity index (χ0) is 14.8. The molecule has 0 saturated heterocycles. The monoisotopic (exact) mass is 285 g/mol. The van der Waals surface area contributed by atoms with Crippen LogP contribution in [0.5, 0.6) is 0 Å². The minimum Gasteiger partial charge on any atom is -0.476 e. The molecule has 7 heteroatoms. The van der Waals surface area contributed by atoms with Crippen molar-refractivity contribution in [1.82, 2.24) is 9.38 Å². The molecule has 0 aromatic carbocycles.